The third-order valence-corrected chi connectivity index (χ3v) is 20.5. The van der Waals surface area contributed by atoms with Gasteiger partial charge >= 0.3 is 0 Å². The molecule has 0 saturated heterocycles. The molecule has 0 aliphatic heterocycles. The van der Waals surface area contributed by atoms with E-state index in [9.17, 15) is 0 Å². The molecule has 0 aromatic rings. The van der Waals surface area contributed by atoms with E-state index < -0.39 is 5.57 Å². The summed E-state index contributed by atoms with van der Waals surface area (Å²) in [5, 5.41) is 0. The zero-order valence-electron chi connectivity index (χ0n) is 35.7. The summed E-state index contributed by atoms with van der Waals surface area (Å²) in [6.45, 7) is 6.97. The van der Waals surface area contributed by atoms with Crippen molar-refractivity contribution in [3.05, 3.63) is 0 Å². The Morgan fingerprint density at radius 3 is 0.460 bits per heavy atom. The Morgan fingerprint density at radius 2 is 0.320 bits per heavy atom. The smallest absolute Gasteiger partial charge is 0.119 e. The zero-order chi connectivity index (χ0) is 36.3. The highest BCUT2D eigenvalue weighted by Gasteiger charge is 2.28. The van der Waals surface area contributed by atoms with Crippen LogP contribution in [-0.2, 0) is 0 Å². The molecule has 0 unspecified atom stereocenters. The standard InChI is InChI=1S/C48H99ISi/c1-4-7-10-13-16-19-22-25-28-31-34-37-40-43-46-50(49,47-44-41-38-35-32-29-26-23-20-17-14-11-8-5-2)48-45-42-39-36-33-30-27-24-21-18-15-12-9-6-3/h4-48H2,1-3H3. The summed E-state index contributed by atoms with van der Waals surface area (Å²) in [5.74, 6) is 0. The molecular formula is C48H99ISi. The molecule has 50 heavy (non-hydrogen) atoms. The topological polar surface area (TPSA) is 0 Å². The Kier molecular flexibility index (Phi) is 45.2. The van der Waals surface area contributed by atoms with Crippen LogP contribution >= 0.6 is 21.8 Å². The second-order valence-electron chi connectivity index (χ2n) is 17.2. The van der Waals surface area contributed by atoms with Gasteiger partial charge in [0.05, 0.1) is 0 Å². The highest BCUT2D eigenvalue weighted by Crippen LogP contribution is 2.35. The Morgan fingerprint density at radius 1 is 0.200 bits per heavy atom. The van der Waals surface area contributed by atoms with Crippen LogP contribution < -0.4 is 0 Å². The number of hydrogen-bond donors (Lipinski definition) is 0. The largest absolute Gasteiger partial charge is 0.125 e. The average molecular weight is 831 g/mol. The third kappa shape index (κ3) is 41.7. The summed E-state index contributed by atoms with van der Waals surface area (Å²) in [5.41, 5.74) is -1.09. The van der Waals surface area contributed by atoms with E-state index in [4.69, 9.17) is 0 Å². The minimum atomic E-state index is -1.09. The fraction of sp³-hybridized carbons (Fsp3) is 1.00. The lowest BCUT2D eigenvalue weighted by Crippen LogP contribution is -2.25. The van der Waals surface area contributed by atoms with Gasteiger partial charge in [-0.1, -0.05) is 290 Å². The van der Waals surface area contributed by atoms with Crippen LogP contribution in [0.4, 0.5) is 0 Å². The van der Waals surface area contributed by atoms with E-state index in [-0.39, 0.29) is 0 Å². The number of hydrogen-bond acceptors (Lipinski definition) is 0. The van der Waals surface area contributed by atoms with Crippen LogP contribution in [0.3, 0.4) is 0 Å². The van der Waals surface area contributed by atoms with Gasteiger partial charge in [-0.15, -0.1) is 21.8 Å². The van der Waals surface area contributed by atoms with Crippen molar-refractivity contribution in [3.8, 4) is 0 Å². The van der Waals surface area contributed by atoms with Crippen LogP contribution in [-0.4, -0.2) is 5.57 Å². The second-order valence-corrected chi connectivity index (χ2v) is 27.9. The van der Waals surface area contributed by atoms with Crippen molar-refractivity contribution < 1.29 is 0 Å². The molecule has 0 bridgehead atoms. The highest BCUT2D eigenvalue weighted by atomic mass is 127. The molecule has 0 rings (SSSR count). The average Bonchev–Trinajstić information content (AvgIpc) is 3.12. The predicted molar refractivity (Wildman–Crippen MR) is 245 cm³/mol. The fourth-order valence-corrected chi connectivity index (χ4v) is 15.1. The van der Waals surface area contributed by atoms with E-state index in [1.807, 2.05) is 0 Å². The molecule has 0 spiro atoms. The summed E-state index contributed by atoms with van der Waals surface area (Å²) in [4.78, 5) is 0. The number of rotatable bonds is 45. The first kappa shape index (κ1) is 50.9. The Balaban J connectivity index is 4.07. The van der Waals surface area contributed by atoms with Crippen LogP contribution in [0.2, 0.25) is 18.1 Å². The molecule has 0 aromatic carbocycles. The van der Waals surface area contributed by atoms with Gasteiger partial charge in [-0.2, -0.15) is 0 Å². The highest BCUT2D eigenvalue weighted by molar-refractivity contribution is 14.1. The van der Waals surface area contributed by atoms with Crippen molar-refractivity contribution in [1.29, 1.82) is 0 Å². The minimum Gasteiger partial charge on any atom is -0.119 e. The summed E-state index contributed by atoms with van der Waals surface area (Å²) >= 11 is 3.11. The molecule has 0 N–H and O–H groups in total. The van der Waals surface area contributed by atoms with Gasteiger partial charge in [0, 0.05) is 0 Å². The maximum atomic E-state index is 3.11. The molecule has 0 aliphatic carbocycles. The van der Waals surface area contributed by atoms with E-state index in [1.54, 1.807) is 37.4 Å². The Hall–Kier alpha value is 0.947. The van der Waals surface area contributed by atoms with Gasteiger partial charge in [-0.05, 0) is 18.1 Å². The molecule has 0 radical (unpaired) electrons. The van der Waals surface area contributed by atoms with Gasteiger partial charge < -0.3 is 0 Å². The molecule has 0 aliphatic rings. The van der Waals surface area contributed by atoms with Crippen molar-refractivity contribution in [3.63, 3.8) is 0 Å². The van der Waals surface area contributed by atoms with Gasteiger partial charge in [0.25, 0.3) is 0 Å². The molecule has 0 fully saturated rings. The predicted octanol–water partition coefficient (Wildman–Crippen LogP) is 19.8. The molecule has 0 heterocycles. The summed E-state index contributed by atoms with van der Waals surface area (Å²) < 4.78 is 0. The van der Waals surface area contributed by atoms with E-state index in [1.165, 1.54) is 250 Å². The quantitative estimate of drug-likeness (QED) is 0.0248. The SMILES string of the molecule is CCCCCCCCCCCCCCCC[Si](I)(CCCCCCCCCCCCCCCC)CCCCCCCCCCCCCCCC. The van der Waals surface area contributed by atoms with Gasteiger partial charge in [-0.3, -0.25) is 0 Å². The first-order valence-corrected chi connectivity index (χ1v) is 30.1. The van der Waals surface area contributed by atoms with Gasteiger partial charge in [0.1, 0.15) is 5.57 Å². The zero-order valence-corrected chi connectivity index (χ0v) is 38.9. The normalized spacial score (nSPS) is 12.0. The van der Waals surface area contributed by atoms with E-state index in [2.05, 4.69) is 42.6 Å². The molecule has 0 aromatic heterocycles. The van der Waals surface area contributed by atoms with Crippen LogP contribution in [0.5, 0.6) is 0 Å². The van der Waals surface area contributed by atoms with Crippen molar-refractivity contribution >= 4 is 27.4 Å². The van der Waals surface area contributed by atoms with Crippen LogP contribution in [0.1, 0.15) is 290 Å². The first-order chi connectivity index (χ1) is 24.7. The molecular weight excluding hydrogens is 732 g/mol. The van der Waals surface area contributed by atoms with Gasteiger partial charge in [-0.25, -0.2) is 0 Å². The molecule has 0 nitrogen and oxygen atoms in total. The lowest BCUT2D eigenvalue weighted by molar-refractivity contribution is 0.536. The Bertz CT molecular complexity index is 512. The fourth-order valence-electron chi connectivity index (χ4n) is 8.28. The minimum absolute atomic E-state index is 1.09. The maximum absolute atomic E-state index is 3.11. The summed E-state index contributed by atoms with van der Waals surface area (Å²) in [6.07, 6.45) is 62.4. The Labute approximate surface area is 334 Å². The molecule has 302 valence electrons. The molecule has 2 heteroatoms. The van der Waals surface area contributed by atoms with E-state index in [0.29, 0.717) is 0 Å². The van der Waals surface area contributed by atoms with Crippen LogP contribution in [0.25, 0.3) is 0 Å². The number of unbranched alkanes of at least 4 members (excludes halogenated alkanes) is 39. The van der Waals surface area contributed by atoms with Crippen molar-refractivity contribution in [2.75, 3.05) is 0 Å². The lowest BCUT2D eigenvalue weighted by atomic mass is 10.0. The second kappa shape index (κ2) is 44.3. The molecule has 0 saturated carbocycles. The monoisotopic (exact) mass is 831 g/mol. The van der Waals surface area contributed by atoms with Crippen LogP contribution in [0, 0.1) is 0 Å². The van der Waals surface area contributed by atoms with Crippen molar-refractivity contribution in [1.82, 2.24) is 0 Å². The van der Waals surface area contributed by atoms with Crippen molar-refractivity contribution in [2.45, 2.75) is 309 Å². The third-order valence-electron chi connectivity index (χ3n) is 11.9. The van der Waals surface area contributed by atoms with Gasteiger partial charge in [0.2, 0.25) is 0 Å². The van der Waals surface area contributed by atoms with Gasteiger partial charge in [0.15, 0.2) is 0 Å². The summed E-state index contributed by atoms with van der Waals surface area (Å²) in [7, 11) is 0. The van der Waals surface area contributed by atoms with Crippen molar-refractivity contribution in [2.24, 2.45) is 0 Å². The van der Waals surface area contributed by atoms with Crippen LogP contribution in [0.15, 0.2) is 0 Å². The van der Waals surface area contributed by atoms with E-state index in [0.717, 1.165) is 0 Å². The first-order valence-electron chi connectivity index (χ1n) is 24.4. The molecule has 0 amide bonds. The van der Waals surface area contributed by atoms with E-state index >= 15 is 0 Å². The summed E-state index contributed by atoms with van der Waals surface area (Å²) in [6, 6.07) is 4.88. The maximum Gasteiger partial charge on any atom is 0.125 e. The molecule has 0 atom stereocenters. The number of halogens is 1. The lowest BCUT2D eigenvalue weighted by Gasteiger charge is -2.25.